The van der Waals surface area contributed by atoms with Crippen LogP contribution < -0.4 is 10.6 Å². The van der Waals surface area contributed by atoms with Crippen molar-refractivity contribution >= 4 is 23.8 Å². The van der Waals surface area contributed by atoms with Crippen molar-refractivity contribution in [2.75, 3.05) is 13.2 Å². The number of carboxylic acids is 1. The van der Waals surface area contributed by atoms with E-state index in [1.165, 1.54) is 32.1 Å². The van der Waals surface area contributed by atoms with Gasteiger partial charge in [0.25, 0.3) is 0 Å². The highest BCUT2D eigenvalue weighted by Crippen LogP contribution is 2.17. The maximum absolute atomic E-state index is 12.8. The molecule has 9 nitrogen and oxygen atoms in total. The van der Waals surface area contributed by atoms with Gasteiger partial charge in [0.15, 0.2) is 0 Å². The number of ether oxygens (including phenoxy) is 1. The van der Waals surface area contributed by atoms with Gasteiger partial charge in [0.05, 0.1) is 13.2 Å². The summed E-state index contributed by atoms with van der Waals surface area (Å²) in [6.07, 6.45) is 61.5. The van der Waals surface area contributed by atoms with Gasteiger partial charge in [-0.2, -0.15) is 0 Å². The first-order valence-corrected chi connectivity index (χ1v) is 24.1. The molecule has 62 heavy (non-hydrogen) atoms. The number of aliphatic hydroxyl groups excluding tert-OH is 1. The Bertz CT molecular complexity index is 1360. The van der Waals surface area contributed by atoms with Crippen LogP contribution >= 0.6 is 0 Å². The maximum atomic E-state index is 12.8. The molecule has 0 aliphatic rings. The summed E-state index contributed by atoms with van der Waals surface area (Å²) in [5, 5.41) is 22.6. The Morgan fingerprint density at radius 1 is 0.484 bits per heavy atom. The van der Waals surface area contributed by atoms with Crippen LogP contribution in [0.25, 0.3) is 0 Å². The normalized spacial score (nSPS) is 13.3. The number of hydrogen-bond donors (Lipinski definition) is 4. The molecule has 4 N–H and O–H groups in total. The molecule has 2 atom stereocenters. The first kappa shape index (κ1) is 57.8. The molecular weight excluding hydrogens is 777 g/mol. The summed E-state index contributed by atoms with van der Waals surface area (Å²) in [6, 6.07) is -1.39. The zero-order valence-electron chi connectivity index (χ0n) is 38.8. The zero-order chi connectivity index (χ0) is 45.4. The molecular formula is C53H86N2O7. The van der Waals surface area contributed by atoms with Crippen LogP contribution in [0.1, 0.15) is 187 Å². The lowest BCUT2D eigenvalue weighted by molar-refractivity contribution is -0.150. The van der Waals surface area contributed by atoms with Gasteiger partial charge in [-0.3, -0.25) is 14.4 Å². The standard InChI is InChI=1S/C53H86N2O7/c1-3-5-7-9-11-13-15-17-18-19-20-21-22-23-24-26-28-30-32-37-41-45-52(59)62-48(42-38-34-31-29-27-25-16-14-12-10-8-6-4-2)43-39-35-33-36-40-44-50(57)54-46-51(58)55-49(47-56)53(60)61/h5-8,11-14,17-18,20-21,25,27,31,34,48-49,56H,3-4,9-10,15-16,19,22-24,26,28-30,32-33,35-47H2,1-2H3,(H,54,57)(H,55,58)(H,60,61)/b7-5-,8-6-,13-11-,14-12-,18-17-,21-20-,27-25-,34-31-. The van der Waals surface area contributed by atoms with Crippen molar-refractivity contribution in [3.05, 3.63) is 97.2 Å². The van der Waals surface area contributed by atoms with Crippen molar-refractivity contribution < 1.29 is 34.1 Å². The van der Waals surface area contributed by atoms with Gasteiger partial charge in [0.2, 0.25) is 11.8 Å². The van der Waals surface area contributed by atoms with E-state index in [9.17, 15) is 19.2 Å². The number of nitrogens with one attached hydrogen (secondary N) is 2. The van der Waals surface area contributed by atoms with E-state index >= 15 is 0 Å². The molecule has 0 aromatic carbocycles. The molecule has 0 saturated heterocycles. The molecule has 2 unspecified atom stereocenters. The van der Waals surface area contributed by atoms with Crippen LogP contribution in [0.15, 0.2) is 97.2 Å². The summed E-state index contributed by atoms with van der Waals surface area (Å²) in [4.78, 5) is 47.7. The number of aliphatic carboxylic acids is 1. The average Bonchev–Trinajstić information content (AvgIpc) is 3.26. The molecule has 0 heterocycles. The minimum Gasteiger partial charge on any atom is -0.480 e. The monoisotopic (exact) mass is 863 g/mol. The van der Waals surface area contributed by atoms with Gasteiger partial charge in [-0.05, 0) is 103 Å². The van der Waals surface area contributed by atoms with Gasteiger partial charge < -0.3 is 25.6 Å². The number of allylic oxidation sites excluding steroid dienone is 16. The van der Waals surface area contributed by atoms with Crippen LogP contribution in [-0.2, 0) is 23.9 Å². The van der Waals surface area contributed by atoms with Crippen LogP contribution in [0.3, 0.4) is 0 Å². The van der Waals surface area contributed by atoms with Gasteiger partial charge >= 0.3 is 11.9 Å². The second-order valence-corrected chi connectivity index (χ2v) is 15.8. The topological polar surface area (TPSA) is 142 Å². The summed E-state index contributed by atoms with van der Waals surface area (Å²) < 4.78 is 6.01. The number of amides is 2. The molecule has 0 saturated carbocycles. The largest absolute Gasteiger partial charge is 0.480 e. The van der Waals surface area contributed by atoms with Crippen molar-refractivity contribution in [1.82, 2.24) is 10.6 Å². The van der Waals surface area contributed by atoms with Crippen molar-refractivity contribution in [2.45, 2.75) is 199 Å². The first-order chi connectivity index (χ1) is 30.3. The van der Waals surface area contributed by atoms with E-state index < -0.39 is 24.5 Å². The van der Waals surface area contributed by atoms with E-state index in [0.29, 0.717) is 12.8 Å². The molecule has 0 fully saturated rings. The number of hydrogen-bond acceptors (Lipinski definition) is 6. The third kappa shape index (κ3) is 42.5. The van der Waals surface area contributed by atoms with Crippen molar-refractivity contribution in [3.8, 4) is 0 Å². The van der Waals surface area contributed by atoms with Gasteiger partial charge in [0.1, 0.15) is 12.1 Å². The fourth-order valence-corrected chi connectivity index (χ4v) is 6.46. The van der Waals surface area contributed by atoms with Gasteiger partial charge in [-0.1, -0.05) is 169 Å². The lowest BCUT2D eigenvalue weighted by atomic mass is 10.0. The number of aliphatic hydroxyl groups is 1. The highest BCUT2D eigenvalue weighted by atomic mass is 16.5. The maximum Gasteiger partial charge on any atom is 0.328 e. The van der Waals surface area contributed by atoms with Crippen molar-refractivity contribution in [2.24, 2.45) is 0 Å². The summed E-state index contributed by atoms with van der Waals surface area (Å²) in [5.41, 5.74) is 0. The summed E-state index contributed by atoms with van der Waals surface area (Å²) in [6.45, 7) is 3.24. The van der Waals surface area contributed by atoms with Crippen LogP contribution in [0, 0.1) is 0 Å². The second kappa shape index (κ2) is 46.3. The third-order valence-electron chi connectivity index (χ3n) is 10.1. The summed E-state index contributed by atoms with van der Waals surface area (Å²) in [7, 11) is 0. The fourth-order valence-electron chi connectivity index (χ4n) is 6.46. The van der Waals surface area contributed by atoms with E-state index in [-0.39, 0.29) is 30.9 Å². The molecule has 350 valence electrons. The average molecular weight is 863 g/mol. The lowest BCUT2D eigenvalue weighted by Crippen LogP contribution is -2.47. The van der Waals surface area contributed by atoms with Crippen LogP contribution in [0.5, 0.6) is 0 Å². The number of carbonyl (C=O) groups excluding carboxylic acids is 3. The molecule has 0 aliphatic heterocycles. The summed E-state index contributed by atoms with van der Waals surface area (Å²) in [5.74, 6) is -2.37. The number of rotatable bonds is 42. The predicted octanol–water partition coefficient (Wildman–Crippen LogP) is 12.6. The van der Waals surface area contributed by atoms with E-state index in [2.05, 4.69) is 122 Å². The van der Waals surface area contributed by atoms with Crippen molar-refractivity contribution in [3.63, 3.8) is 0 Å². The highest BCUT2D eigenvalue weighted by molar-refractivity contribution is 5.87. The molecule has 0 aromatic rings. The van der Waals surface area contributed by atoms with Gasteiger partial charge in [-0.25, -0.2) is 4.79 Å². The molecule has 9 heteroatoms. The molecule has 0 aliphatic carbocycles. The molecule has 0 radical (unpaired) electrons. The Morgan fingerprint density at radius 3 is 1.39 bits per heavy atom. The minimum atomic E-state index is -1.39. The van der Waals surface area contributed by atoms with Crippen LogP contribution in [0.2, 0.25) is 0 Å². The Balaban J connectivity index is 4.39. The number of esters is 1. The van der Waals surface area contributed by atoms with E-state index in [4.69, 9.17) is 14.9 Å². The van der Waals surface area contributed by atoms with E-state index in [0.717, 1.165) is 122 Å². The Hall–Kier alpha value is -4.24. The minimum absolute atomic E-state index is 0.0921. The molecule has 0 rings (SSSR count). The van der Waals surface area contributed by atoms with Crippen LogP contribution in [-0.4, -0.2) is 59.3 Å². The Morgan fingerprint density at radius 2 is 0.903 bits per heavy atom. The molecule has 0 aromatic heterocycles. The molecule has 2 amide bonds. The van der Waals surface area contributed by atoms with E-state index in [1.807, 2.05) is 0 Å². The Labute approximate surface area is 377 Å². The molecule has 0 spiro atoms. The van der Waals surface area contributed by atoms with Gasteiger partial charge in [0, 0.05) is 12.8 Å². The summed E-state index contributed by atoms with van der Waals surface area (Å²) >= 11 is 0. The second-order valence-electron chi connectivity index (χ2n) is 15.8. The first-order valence-electron chi connectivity index (χ1n) is 24.1. The zero-order valence-corrected chi connectivity index (χ0v) is 38.8. The molecule has 0 bridgehead atoms. The fraction of sp³-hybridized carbons (Fsp3) is 0.623. The Kier molecular flexibility index (Phi) is 43.1. The highest BCUT2D eigenvalue weighted by Gasteiger charge is 2.19. The quantitative estimate of drug-likeness (QED) is 0.0272. The lowest BCUT2D eigenvalue weighted by Gasteiger charge is -2.17. The SMILES string of the molecule is CC/C=C\C/C=C\C/C=C\C/C=C\CCCCCCCCCCC(=O)OC(CC/C=C\C/C=C\C/C=C\C/C=C\CC)CCCCCCCC(=O)NCC(=O)NC(CO)C(=O)O. The van der Waals surface area contributed by atoms with E-state index in [1.54, 1.807) is 0 Å². The van der Waals surface area contributed by atoms with Gasteiger partial charge in [-0.15, -0.1) is 0 Å². The predicted molar refractivity (Wildman–Crippen MR) is 259 cm³/mol. The number of unbranched alkanes of at least 4 members (excludes halogenated alkanes) is 12. The third-order valence-corrected chi connectivity index (χ3v) is 10.1. The number of carbonyl (C=O) groups is 4. The smallest absolute Gasteiger partial charge is 0.328 e. The van der Waals surface area contributed by atoms with Crippen LogP contribution in [0.4, 0.5) is 0 Å². The van der Waals surface area contributed by atoms with Crippen molar-refractivity contribution in [1.29, 1.82) is 0 Å². The number of carboxylic acid groups (broad SMARTS) is 1.